The number of imidazole rings is 1. The Bertz CT molecular complexity index is 783. The molecule has 0 radical (unpaired) electrons. The first-order valence-corrected chi connectivity index (χ1v) is 7.38. The van der Waals surface area contributed by atoms with Crippen molar-refractivity contribution in [2.75, 3.05) is 0 Å². The molecule has 0 aliphatic rings. The molecule has 0 fully saturated rings. The van der Waals surface area contributed by atoms with Gasteiger partial charge in [0, 0.05) is 4.47 Å². The second kappa shape index (κ2) is 5.19. The molecule has 2 nitrogen and oxygen atoms in total. The number of aromatic nitrogens is 2. The summed E-state index contributed by atoms with van der Waals surface area (Å²) in [5.41, 5.74) is 2.44. The lowest BCUT2D eigenvalue weighted by Gasteiger charge is -2.12. The van der Waals surface area contributed by atoms with Crippen molar-refractivity contribution < 1.29 is 4.39 Å². The van der Waals surface area contributed by atoms with Crippen molar-refractivity contribution in [3.8, 4) is 5.69 Å². The molecule has 0 N–H and O–H groups in total. The first-order valence-electron chi connectivity index (χ1n) is 6.15. The molecule has 0 aliphatic heterocycles. The Kier molecular flexibility index (Phi) is 3.52. The predicted molar refractivity (Wildman–Crippen MR) is 83.0 cm³/mol. The average Bonchev–Trinajstić information content (AvgIpc) is 2.81. The van der Waals surface area contributed by atoms with Crippen molar-refractivity contribution in [1.29, 1.82) is 0 Å². The highest BCUT2D eigenvalue weighted by Gasteiger charge is 2.18. The maximum Gasteiger partial charge on any atom is 0.132 e. The molecule has 0 saturated carbocycles. The topological polar surface area (TPSA) is 17.8 Å². The Hall–Kier alpha value is -1.39. The SMILES string of the molecule is CC(Cl)c1nc2ccccc2n1-c1cc(F)ccc1Br. The number of rotatable bonds is 2. The Morgan fingerprint density at radius 1 is 1.25 bits per heavy atom. The molecule has 0 aliphatic carbocycles. The fraction of sp³-hybridized carbons (Fsp3) is 0.133. The molecule has 3 aromatic rings. The van der Waals surface area contributed by atoms with Crippen LogP contribution in [0.1, 0.15) is 18.1 Å². The van der Waals surface area contributed by atoms with E-state index in [0.29, 0.717) is 11.5 Å². The van der Waals surface area contributed by atoms with Gasteiger partial charge in [0.05, 0.1) is 22.1 Å². The van der Waals surface area contributed by atoms with Crippen LogP contribution in [0.3, 0.4) is 0 Å². The van der Waals surface area contributed by atoms with Gasteiger partial charge in [-0.25, -0.2) is 9.37 Å². The van der Waals surface area contributed by atoms with E-state index in [1.807, 2.05) is 35.8 Å². The summed E-state index contributed by atoms with van der Waals surface area (Å²) in [7, 11) is 0. The third-order valence-electron chi connectivity index (χ3n) is 3.09. The summed E-state index contributed by atoms with van der Waals surface area (Å²) in [6.07, 6.45) is 0. The number of nitrogens with zero attached hydrogens (tertiary/aromatic N) is 2. The molecule has 2 aromatic carbocycles. The molecule has 1 heterocycles. The van der Waals surface area contributed by atoms with E-state index in [2.05, 4.69) is 20.9 Å². The third kappa shape index (κ3) is 2.23. The quantitative estimate of drug-likeness (QED) is 0.577. The zero-order chi connectivity index (χ0) is 14.3. The molecule has 20 heavy (non-hydrogen) atoms. The monoisotopic (exact) mass is 352 g/mol. The summed E-state index contributed by atoms with van der Waals surface area (Å²) in [4.78, 5) is 4.55. The van der Waals surface area contributed by atoms with E-state index in [0.717, 1.165) is 15.5 Å². The van der Waals surface area contributed by atoms with Crippen LogP contribution >= 0.6 is 27.5 Å². The minimum Gasteiger partial charge on any atom is -0.294 e. The number of fused-ring (bicyclic) bond motifs is 1. The van der Waals surface area contributed by atoms with E-state index in [-0.39, 0.29) is 11.2 Å². The molecule has 0 amide bonds. The van der Waals surface area contributed by atoms with Crippen LogP contribution in [-0.2, 0) is 0 Å². The van der Waals surface area contributed by atoms with Crippen molar-refractivity contribution in [1.82, 2.24) is 9.55 Å². The van der Waals surface area contributed by atoms with Gasteiger partial charge < -0.3 is 0 Å². The Morgan fingerprint density at radius 3 is 2.75 bits per heavy atom. The van der Waals surface area contributed by atoms with Gasteiger partial charge in [-0.3, -0.25) is 4.57 Å². The minimum absolute atomic E-state index is 0.280. The van der Waals surface area contributed by atoms with Crippen LogP contribution in [0.5, 0.6) is 0 Å². The van der Waals surface area contributed by atoms with Crippen LogP contribution in [0.4, 0.5) is 4.39 Å². The Morgan fingerprint density at radius 2 is 2.00 bits per heavy atom. The lowest BCUT2D eigenvalue weighted by molar-refractivity contribution is 0.626. The summed E-state index contributed by atoms with van der Waals surface area (Å²) in [6, 6.07) is 12.3. The normalized spacial score (nSPS) is 12.8. The van der Waals surface area contributed by atoms with Crippen molar-refractivity contribution in [2.24, 2.45) is 0 Å². The van der Waals surface area contributed by atoms with E-state index in [9.17, 15) is 4.39 Å². The summed E-state index contributed by atoms with van der Waals surface area (Å²) >= 11 is 9.69. The van der Waals surface area contributed by atoms with E-state index >= 15 is 0 Å². The standard InChI is InChI=1S/C15H11BrClFN2/c1-9(17)15-19-12-4-2-3-5-13(12)20(15)14-8-10(18)6-7-11(14)16/h2-9H,1H3. The Balaban J connectivity index is 2.39. The number of halogens is 3. The van der Waals surface area contributed by atoms with E-state index in [4.69, 9.17) is 11.6 Å². The first kappa shape index (κ1) is 13.6. The highest BCUT2D eigenvalue weighted by molar-refractivity contribution is 9.10. The first-order chi connectivity index (χ1) is 9.58. The minimum atomic E-state index is -0.297. The number of hydrogen-bond acceptors (Lipinski definition) is 1. The number of hydrogen-bond donors (Lipinski definition) is 0. The highest BCUT2D eigenvalue weighted by atomic mass is 79.9. The van der Waals surface area contributed by atoms with Crippen molar-refractivity contribution in [3.63, 3.8) is 0 Å². The van der Waals surface area contributed by atoms with Gasteiger partial charge >= 0.3 is 0 Å². The highest BCUT2D eigenvalue weighted by Crippen LogP contribution is 2.31. The fourth-order valence-corrected chi connectivity index (χ4v) is 2.79. The lowest BCUT2D eigenvalue weighted by Crippen LogP contribution is -2.03. The smallest absolute Gasteiger partial charge is 0.132 e. The van der Waals surface area contributed by atoms with E-state index < -0.39 is 0 Å². The average molecular weight is 354 g/mol. The fourth-order valence-electron chi connectivity index (χ4n) is 2.22. The van der Waals surface area contributed by atoms with Crippen molar-refractivity contribution >= 4 is 38.6 Å². The number of alkyl halides is 1. The second-order valence-electron chi connectivity index (χ2n) is 4.51. The van der Waals surface area contributed by atoms with Gasteiger partial charge in [-0.15, -0.1) is 11.6 Å². The molecule has 5 heteroatoms. The number of para-hydroxylation sites is 2. The molecular formula is C15H11BrClFN2. The third-order valence-corrected chi connectivity index (χ3v) is 3.96. The van der Waals surface area contributed by atoms with Gasteiger partial charge in [-0.1, -0.05) is 12.1 Å². The zero-order valence-electron chi connectivity index (χ0n) is 10.6. The predicted octanol–water partition coefficient (Wildman–Crippen LogP) is 5.23. The molecule has 0 spiro atoms. The van der Waals surface area contributed by atoms with Gasteiger partial charge in [-0.2, -0.15) is 0 Å². The summed E-state index contributed by atoms with van der Waals surface area (Å²) < 4.78 is 16.3. The van der Waals surface area contributed by atoms with Crippen molar-refractivity contribution in [3.05, 3.63) is 58.6 Å². The molecule has 102 valence electrons. The Labute approximate surface area is 129 Å². The van der Waals surface area contributed by atoms with E-state index in [1.165, 1.54) is 12.1 Å². The molecule has 0 bridgehead atoms. The van der Waals surface area contributed by atoms with Crippen LogP contribution in [0.25, 0.3) is 16.7 Å². The van der Waals surface area contributed by atoms with Crippen molar-refractivity contribution in [2.45, 2.75) is 12.3 Å². The molecule has 3 rings (SSSR count). The van der Waals surface area contributed by atoms with Gasteiger partial charge in [0.25, 0.3) is 0 Å². The maximum absolute atomic E-state index is 13.6. The zero-order valence-corrected chi connectivity index (χ0v) is 13.0. The maximum atomic E-state index is 13.6. The van der Waals surface area contributed by atoms with Crippen LogP contribution in [0.2, 0.25) is 0 Å². The van der Waals surface area contributed by atoms with Crippen LogP contribution in [-0.4, -0.2) is 9.55 Å². The van der Waals surface area contributed by atoms with Gasteiger partial charge in [0.1, 0.15) is 11.6 Å². The van der Waals surface area contributed by atoms with Crippen LogP contribution in [0, 0.1) is 5.82 Å². The summed E-state index contributed by atoms with van der Waals surface area (Å²) in [6.45, 7) is 1.85. The lowest BCUT2D eigenvalue weighted by atomic mass is 10.2. The molecular weight excluding hydrogens is 343 g/mol. The molecule has 1 unspecified atom stereocenters. The molecule has 1 aromatic heterocycles. The van der Waals surface area contributed by atoms with Gasteiger partial charge in [-0.05, 0) is 53.2 Å². The van der Waals surface area contributed by atoms with E-state index in [1.54, 1.807) is 6.07 Å². The van der Waals surface area contributed by atoms with Crippen LogP contribution < -0.4 is 0 Å². The number of benzene rings is 2. The largest absolute Gasteiger partial charge is 0.294 e. The molecule has 1 atom stereocenters. The van der Waals surface area contributed by atoms with Gasteiger partial charge in [0.15, 0.2) is 0 Å². The van der Waals surface area contributed by atoms with Crippen LogP contribution in [0.15, 0.2) is 46.9 Å². The molecule has 0 saturated heterocycles. The van der Waals surface area contributed by atoms with Gasteiger partial charge in [0.2, 0.25) is 0 Å². The second-order valence-corrected chi connectivity index (χ2v) is 6.01. The summed E-state index contributed by atoms with van der Waals surface area (Å²) in [5.74, 6) is 0.397. The summed E-state index contributed by atoms with van der Waals surface area (Å²) in [5, 5.41) is -0.280.